The standard InChI is InChI=1S/C14H14N2O/c1-10-8-13(6-7-15-10)12-4-3-5-14(9-12)16-11(2)17/h3-9H,1-2H3,(H,16,17). The zero-order chi connectivity index (χ0) is 12.3. The summed E-state index contributed by atoms with van der Waals surface area (Å²) >= 11 is 0. The number of nitrogens with one attached hydrogen (secondary N) is 1. The van der Waals surface area contributed by atoms with E-state index in [1.807, 2.05) is 43.3 Å². The summed E-state index contributed by atoms with van der Waals surface area (Å²) in [7, 11) is 0. The van der Waals surface area contributed by atoms with E-state index in [4.69, 9.17) is 0 Å². The highest BCUT2D eigenvalue weighted by atomic mass is 16.1. The molecule has 1 aromatic heterocycles. The fraction of sp³-hybridized carbons (Fsp3) is 0.143. The number of aromatic nitrogens is 1. The van der Waals surface area contributed by atoms with Gasteiger partial charge in [0.15, 0.2) is 0 Å². The number of anilines is 1. The first-order valence-electron chi connectivity index (χ1n) is 5.46. The molecule has 0 aliphatic carbocycles. The molecule has 0 bridgehead atoms. The number of pyridine rings is 1. The quantitative estimate of drug-likeness (QED) is 0.855. The molecule has 0 unspecified atom stereocenters. The van der Waals surface area contributed by atoms with Gasteiger partial charge < -0.3 is 5.32 Å². The molecule has 0 fully saturated rings. The fourth-order valence-electron chi connectivity index (χ4n) is 1.70. The number of hydrogen-bond donors (Lipinski definition) is 1. The maximum absolute atomic E-state index is 11.0. The van der Waals surface area contributed by atoms with Gasteiger partial charge in [-0.15, -0.1) is 0 Å². The molecule has 1 N–H and O–H groups in total. The van der Waals surface area contributed by atoms with Crippen LogP contribution in [0.5, 0.6) is 0 Å². The van der Waals surface area contributed by atoms with Crippen LogP contribution in [0.2, 0.25) is 0 Å². The predicted molar refractivity (Wildman–Crippen MR) is 68.7 cm³/mol. The monoisotopic (exact) mass is 226 g/mol. The van der Waals surface area contributed by atoms with Crippen molar-refractivity contribution in [2.24, 2.45) is 0 Å². The molecule has 0 saturated carbocycles. The Morgan fingerprint density at radius 2 is 1.94 bits per heavy atom. The third-order valence-corrected chi connectivity index (χ3v) is 2.41. The Kier molecular flexibility index (Phi) is 3.19. The van der Waals surface area contributed by atoms with Crippen LogP contribution in [0.4, 0.5) is 5.69 Å². The average molecular weight is 226 g/mol. The van der Waals surface area contributed by atoms with Crippen molar-refractivity contribution < 1.29 is 4.79 Å². The van der Waals surface area contributed by atoms with Crippen molar-refractivity contribution in [3.8, 4) is 11.1 Å². The van der Waals surface area contributed by atoms with Gasteiger partial charge in [0.1, 0.15) is 0 Å². The van der Waals surface area contributed by atoms with E-state index in [0.717, 1.165) is 22.5 Å². The van der Waals surface area contributed by atoms with E-state index >= 15 is 0 Å². The minimum Gasteiger partial charge on any atom is -0.326 e. The van der Waals surface area contributed by atoms with Gasteiger partial charge in [-0.05, 0) is 42.3 Å². The van der Waals surface area contributed by atoms with Crippen molar-refractivity contribution in [1.82, 2.24) is 4.98 Å². The van der Waals surface area contributed by atoms with Crippen molar-refractivity contribution in [2.45, 2.75) is 13.8 Å². The van der Waals surface area contributed by atoms with Gasteiger partial charge in [0.25, 0.3) is 0 Å². The molecular weight excluding hydrogens is 212 g/mol. The van der Waals surface area contributed by atoms with Crippen LogP contribution < -0.4 is 5.32 Å². The normalized spacial score (nSPS) is 10.0. The second-order valence-electron chi connectivity index (χ2n) is 3.95. The third kappa shape index (κ3) is 2.91. The summed E-state index contributed by atoms with van der Waals surface area (Å²) < 4.78 is 0. The second-order valence-corrected chi connectivity index (χ2v) is 3.95. The third-order valence-electron chi connectivity index (χ3n) is 2.41. The molecule has 0 saturated heterocycles. The molecule has 0 radical (unpaired) electrons. The smallest absolute Gasteiger partial charge is 0.221 e. The summed E-state index contributed by atoms with van der Waals surface area (Å²) in [5, 5.41) is 2.77. The maximum atomic E-state index is 11.0. The van der Waals surface area contributed by atoms with E-state index in [9.17, 15) is 4.79 Å². The van der Waals surface area contributed by atoms with Crippen LogP contribution in [0.1, 0.15) is 12.6 Å². The molecular formula is C14H14N2O. The topological polar surface area (TPSA) is 42.0 Å². The predicted octanol–water partition coefficient (Wildman–Crippen LogP) is 3.02. The number of aryl methyl sites for hydroxylation is 1. The second kappa shape index (κ2) is 4.78. The Bertz CT molecular complexity index is 549. The number of amides is 1. The SMILES string of the molecule is CC(=O)Nc1cccc(-c2ccnc(C)c2)c1. The Hall–Kier alpha value is -2.16. The first kappa shape index (κ1) is 11.3. The molecule has 86 valence electrons. The minimum absolute atomic E-state index is 0.0620. The number of carbonyl (C=O) groups excluding carboxylic acids is 1. The Morgan fingerprint density at radius 1 is 1.18 bits per heavy atom. The van der Waals surface area contributed by atoms with Gasteiger partial charge in [0, 0.05) is 24.5 Å². The van der Waals surface area contributed by atoms with Gasteiger partial charge in [0.2, 0.25) is 5.91 Å². The van der Waals surface area contributed by atoms with Crippen LogP contribution in [0.3, 0.4) is 0 Å². The lowest BCUT2D eigenvalue weighted by Gasteiger charge is -2.06. The van der Waals surface area contributed by atoms with Crippen molar-refractivity contribution in [3.63, 3.8) is 0 Å². The van der Waals surface area contributed by atoms with Crippen molar-refractivity contribution in [3.05, 3.63) is 48.3 Å². The molecule has 0 atom stereocenters. The van der Waals surface area contributed by atoms with Crippen LogP contribution in [0.15, 0.2) is 42.6 Å². The maximum Gasteiger partial charge on any atom is 0.221 e. The highest BCUT2D eigenvalue weighted by Gasteiger charge is 2.01. The summed E-state index contributed by atoms with van der Waals surface area (Å²) in [6, 6.07) is 11.7. The zero-order valence-electron chi connectivity index (χ0n) is 9.90. The minimum atomic E-state index is -0.0620. The zero-order valence-corrected chi connectivity index (χ0v) is 9.90. The van der Waals surface area contributed by atoms with Crippen LogP contribution in [-0.2, 0) is 4.79 Å². The van der Waals surface area contributed by atoms with E-state index in [1.165, 1.54) is 6.92 Å². The highest BCUT2D eigenvalue weighted by Crippen LogP contribution is 2.22. The van der Waals surface area contributed by atoms with Crippen LogP contribution >= 0.6 is 0 Å². The highest BCUT2D eigenvalue weighted by molar-refractivity contribution is 5.89. The molecule has 1 heterocycles. The number of hydrogen-bond acceptors (Lipinski definition) is 2. The number of rotatable bonds is 2. The Labute approximate surface area is 101 Å². The summed E-state index contributed by atoms with van der Waals surface area (Å²) in [4.78, 5) is 15.2. The average Bonchev–Trinajstić information content (AvgIpc) is 2.28. The first-order chi connectivity index (χ1) is 8.15. The molecule has 2 aromatic rings. The summed E-state index contributed by atoms with van der Waals surface area (Å²) in [5.41, 5.74) is 3.96. The Balaban J connectivity index is 2.36. The van der Waals surface area contributed by atoms with Gasteiger partial charge >= 0.3 is 0 Å². The number of nitrogens with zero attached hydrogens (tertiary/aromatic N) is 1. The van der Waals surface area contributed by atoms with Gasteiger partial charge in [-0.1, -0.05) is 12.1 Å². The molecule has 2 rings (SSSR count). The van der Waals surface area contributed by atoms with Gasteiger partial charge in [-0.25, -0.2) is 0 Å². The van der Waals surface area contributed by atoms with Gasteiger partial charge in [-0.2, -0.15) is 0 Å². The summed E-state index contributed by atoms with van der Waals surface area (Å²) in [5.74, 6) is -0.0620. The molecule has 3 nitrogen and oxygen atoms in total. The van der Waals surface area contributed by atoms with E-state index in [1.54, 1.807) is 6.20 Å². The van der Waals surface area contributed by atoms with Gasteiger partial charge in [-0.3, -0.25) is 9.78 Å². The van der Waals surface area contributed by atoms with Crippen molar-refractivity contribution >= 4 is 11.6 Å². The molecule has 3 heteroatoms. The van der Waals surface area contributed by atoms with Crippen LogP contribution in [0.25, 0.3) is 11.1 Å². The lowest BCUT2D eigenvalue weighted by atomic mass is 10.1. The van der Waals surface area contributed by atoms with E-state index in [2.05, 4.69) is 10.3 Å². The van der Waals surface area contributed by atoms with E-state index in [-0.39, 0.29) is 5.91 Å². The van der Waals surface area contributed by atoms with Crippen LogP contribution in [-0.4, -0.2) is 10.9 Å². The summed E-state index contributed by atoms with van der Waals surface area (Å²) in [6.07, 6.45) is 1.79. The van der Waals surface area contributed by atoms with E-state index in [0.29, 0.717) is 0 Å². The van der Waals surface area contributed by atoms with Crippen molar-refractivity contribution in [2.75, 3.05) is 5.32 Å². The largest absolute Gasteiger partial charge is 0.326 e. The Morgan fingerprint density at radius 3 is 2.65 bits per heavy atom. The number of benzene rings is 1. The summed E-state index contributed by atoms with van der Waals surface area (Å²) in [6.45, 7) is 3.46. The fourth-order valence-corrected chi connectivity index (χ4v) is 1.70. The molecule has 17 heavy (non-hydrogen) atoms. The molecule has 1 aromatic carbocycles. The van der Waals surface area contributed by atoms with Crippen molar-refractivity contribution in [1.29, 1.82) is 0 Å². The van der Waals surface area contributed by atoms with Crippen LogP contribution in [0, 0.1) is 6.92 Å². The first-order valence-corrected chi connectivity index (χ1v) is 5.46. The lowest BCUT2D eigenvalue weighted by Crippen LogP contribution is -2.05. The van der Waals surface area contributed by atoms with Gasteiger partial charge in [0.05, 0.1) is 0 Å². The lowest BCUT2D eigenvalue weighted by molar-refractivity contribution is -0.114. The van der Waals surface area contributed by atoms with E-state index < -0.39 is 0 Å². The molecule has 0 spiro atoms. The molecule has 1 amide bonds. The molecule has 0 aliphatic rings. The molecule has 0 aliphatic heterocycles. The number of carbonyl (C=O) groups is 1.